The van der Waals surface area contributed by atoms with Gasteiger partial charge in [-0.2, -0.15) is 17.4 Å². The molecule has 2 N–H and O–H groups in total. The first kappa shape index (κ1) is 21.9. The van der Waals surface area contributed by atoms with Crippen molar-refractivity contribution >= 4 is 44.7 Å². The highest BCUT2D eigenvalue weighted by Gasteiger charge is 2.41. The minimum atomic E-state index is -3.91. The van der Waals surface area contributed by atoms with Crippen LogP contribution in [0.2, 0.25) is 5.02 Å². The van der Waals surface area contributed by atoms with E-state index in [-0.39, 0.29) is 17.1 Å². The Balaban J connectivity index is 1.57. The molecule has 0 aliphatic carbocycles. The summed E-state index contributed by atoms with van der Waals surface area (Å²) in [5, 5.41) is 3.04. The predicted octanol–water partition coefficient (Wildman–Crippen LogP) is 3.16. The number of halogens is 2. The SMILES string of the molecule is CN1[C@@H](C(=O)Nc2ccc(F)c(Cl)c2)C[C@@H](c2ncc(-c3ccn(C)c3)s2)NS1(=O)=O. The van der Waals surface area contributed by atoms with E-state index in [0.717, 1.165) is 20.8 Å². The van der Waals surface area contributed by atoms with Crippen LogP contribution in [0.15, 0.2) is 42.9 Å². The number of rotatable bonds is 4. The highest BCUT2D eigenvalue weighted by molar-refractivity contribution is 7.87. The van der Waals surface area contributed by atoms with Gasteiger partial charge >= 0.3 is 0 Å². The van der Waals surface area contributed by atoms with E-state index in [1.165, 1.54) is 30.5 Å². The van der Waals surface area contributed by atoms with Gasteiger partial charge in [-0.05, 0) is 30.7 Å². The van der Waals surface area contributed by atoms with Crippen molar-refractivity contribution in [2.75, 3.05) is 12.4 Å². The fourth-order valence-electron chi connectivity index (χ4n) is 3.30. The molecule has 3 heterocycles. The fourth-order valence-corrected chi connectivity index (χ4v) is 5.78. The number of anilines is 1. The largest absolute Gasteiger partial charge is 0.357 e. The molecule has 1 aliphatic heterocycles. The first-order chi connectivity index (χ1) is 14.6. The van der Waals surface area contributed by atoms with Gasteiger partial charge in [-0.25, -0.2) is 9.37 Å². The molecule has 0 saturated carbocycles. The molecule has 0 unspecified atom stereocenters. The Hall–Kier alpha value is -2.31. The van der Waals surface area contributed by atoms with E-state index < -0.39 is 34.0 Å². The number of nitrogens with one attached hydrogen (secondary N) is 2. The summed E-state index contributed by atoms with van der Waals surface area (Å²) in [6, 6.07) is 4.07. The summed E-state index contributed by atoms with van der Waals surface area (Å²) in [5.41, 5.74) is 1.25. The van der Waals surface area contributed by atoms with Gasteiger partial charge in [0.25, 0.3) is 10.2 Å². The van der Waals surface area contributed by atoms with E-state index in [1.54, 1.807) is 6.20 Å². The number of thiazole rings is 1. The van der Waals surface area contributed by atoms with Gasteiger partial charge < -0.3 is 9.88 Å². The number of hydrogen-bond donors (Lipinski definition) is 2. The third-order valence-corrected chi connectivity index (χ3v) is 8.04. The maximum absolute atomic E-state index is 13.4. The van der Waals surface area contributed by atoms with Crippen LogP contribution in [-0.4, -0.2) is 41.3 Å². The Kier molecular flexibility index (Phi) is 5.88. The number of benzene rings is 1. The monoisotopic (exact) mass is 483 g/mol. The van der Waals surface area contributed by atoms with Crippen LogP contribution in [0.4, 0.5) is 10.1 Å². The van der Waals surface area contributed by atoms with E-state index >= 15 is 0 Å². The first-order valence-corrected chi connectivity index (χ1v) is 11.9. The lowest BCUT2D eigenvalue weighted by Crippen LogP contribution is -2.55. The van der Waals surface area contributed by atoms with Crippen LogP contribution in [0.1, 0.15) is 17.5 Å². The number of likely N-dealkylation sites (N-methyl/N-ethyl adjacent to an activating group) is 1. The summed E-state index contributed by atoms with van der Waals surface area (Å²) in [6.07, 6.45) is 5.73. The lowest BCUT2D eigenvalue weighted by atomic mass is 10.1. The van der Waals surface area contributed by atoms with E-state index in [4.69, 9.17) is 11.6 Å². The molecule has 1 aliphatic rings. The Bertz CT molecular complexity index is 1240. The van der Waals surface area contributed by atoms with Crippen molar-refractivity contribution in [3.05, 3.63) is 58.7 Å². The van der Waals surface area contributed by atoms with Crippen molar-refractivity contribution in [1.82, 2.24) is 18.6 Å². The Morgan fingerprint density at radius 3 is 2.81 bits per heavy atom. The number of aromatic nitrogens is 2. The molecule has 2 atom stereocenters. The third kappa shape index (κ3) is 4.51. The van der Waals surface area contributed by atoms with Crippen molar-refractivity contribution < 1.29 is 17.6 Å². The zero-order valence-corrected chi connectivity index (χ0v) is 18.9. The minimum absolute atomic E-state index is 0.141. The molecule has 1 saturated heterocycles. The molecule has 1 fully saturated rings. The Labute approximate surface area is 187 Å². The number of nitrogens with zero attached hydrogens (tertiary/aromatic N) is 3. The molecule has 2 aromatic heterocycles. The van der Waals surface area contributed by atoms with Crippen molar-refractivity contribution in [1.29, 1.82) is 0 Å². The van der Waals surface area contributed by atoms with Crippen LogP contribution in [-0.2, 0) is 22.1 Å². The van der Waals surface area contributed by atoms with Gasteiger partial charge in [-0.3, -0.25) is 4.79 Å². The highest BCUT2D eigenvalue weighted by Crippen LogP contribution is 2.34. The molecule has 0 bridgehead atoms. The standard InChI is InChI=1S/C19H19ClFN5O3S2/c1-25-6-5-11(10-25)17-9-22-19(30-17)15-8-16(26(2)31(28,29)24-15)18(27)23-12-3-4-14(21)13(20)7-12/h3-7,9-10,15-16,24H,8H2,1-2H3,(H,23,27)/t15-,16+/m0/s1. The second-order valence-corrected chi connectivity index (χ2v) is 10.4. The number of aryl methyl sites for hydroxylation is 1. The number of carbonyl (C=O) groups excluding carboxylic acids is 1. The summed E-state index contributed by atoms with van der Waals surface area (Å²) in [7, 11) is -0.671. The van der Waals surface area contributed by atoms with Crippen molar-refractivity contribution in [3.8, 4) is 10.4 Å². The van der Waals surface area contributed by atoms with Gasteiger partial charge in [0.15, 0.2) is 0 Å². The Morgan fingerprint density at radius 1 is 1.35 bits per heavy atom. The van der Waals surface area contributed by atoms with Gasteiger partial charge in [-0.15, -0.1) is 11.3 Å². The second kappa shape index (κ2) is 8.32. The van der Waals surface area contributed by atoms with E-state index in [9.17, 15) is 17.6 Å². The average Bonchev–Trinajstić information content (AvgIpc) is 3.35. The normalized spacial score (nSPS) is 21.2. The molecule has 0 radical (unpaired) electrons. The molecule has 3 aromatic rings. The van der Waals surface area contributed by atoms with Crippen LogP contribution in [0, 0.1) is 5.82 Å². The third-order valence-electron chi connectivity index (χ3n) is 5.00. The van der Waals surface area contributed by atoms with Crippen LogP contribution in [0.3, 0.4) is 0 Å². The minimum Gasteiger partial charge on any atom is -0.357 e. The highest BCUT2D eigenvalue weighted by atomic mass is 35.5. The lowest BCUT2D eigenvalue weighted by Gasteiger charge is -2.35. The van der Waals surface area contributed by atoms with Gasteiger partial charge in [0, 0.05) is 43.9 Å². The summed E-state index contributed by atoms with van der Waals surface area (Å²) in [4.78, 5) is 18.2. The number of carbonyl (C=O) groups is 1. The van der Waals surface area contributed by atoms with Crippen LogP contribution in [0.5, 0.6) is 0 Å². The first-order valence-electron chi connectivity index (χ1n) is 9.23. The molecular weight excluding hydrogens is 465 g/mol. The van der Waals surface area contributed by atoms with Crippen molar-refractivity contribution in [2.45, 2.75) is 18.5 Å². The summed E-state index contributed by atoms with van der Waals surface area (Å²) in [6.45, 7) is 0. The molecule has 4 rings (SSSR count). The van der Waals surface area contributed by atoms with Crippen molar-refractivity contribution in [2.24, 2.45) is 7.05 Å². The maximum Gasteiger partial charge on any atom is 0.280 e. The van der Waals surface area contributed by atoms with Crippen molar-refractivity contribution in [3.63, 3.8) is 0 Å². The number of amides is 1. The molecule has 1 amide bonds. The van der Waals surface area contributed by atoms with Gasteiger partial charge in [0.2, 0.25) is 5.91 Å². The van der Waals surface area contributed by atoms with E-state index in [1.807, 2.05) is 30.1 Å². The topological polar surface area (TPSA) is 96.3 Å². The maximum atomic E-state index is 13.4. The Morgan fingerprint density at radius 2 is 2.13 bits per heavy atom. The molecule has 12 heteroatoms. The molecule has 0 spiro atoms. The van der Waals surface area contributed by atoms with E-state index in [2.05, 4.69) is 15.0 Å². The molecule has 1 aromatic carbocycles. The van der Waals surface area contributed by atoms with Crippen LogP contribution < -0.4 is 10.0 Å². The fraction of sp³-hybridized carbons (Fsp3) is 0.263. The predicted molar refractivity (Wildman–Crippen MR) is 118 cm³/mol. The van der Waals surface area contributed by atoms with Gasteiger partial charge in [-0.1, -0.05) is 11.6 Å². The summed E-state index contributed by atoms with van der Waals surface area (Å²) in [5.74, 6) is -1.15. The summed E-state index contributed by atoms with van der Waals surface area (Å²) >= 11 is 7.13. The van der Waals surface area contributed by atoms with Gasteiger partial charge in [0.05, 0.1) is 15.9 Å². The van der Waals surface area contributed by atoms with E-state index in [0.29, 0.717) is 5.01 Å². The molecular formula is C19H19ClFN5O3S2. The quantitative estimate of drug-likeness (QED) is 0.595. The lowest BCUT2D eigenvalue weighted by molar-refractivity contribution is -0.120. The number of hydrogen-bond acceptors (Lipinski definition) is 5. The zero-order chi connectivity index (χ0) is 22.3. The van der Waals surface area contributed by atoms with Crippen LogP contribution in [0.25, 0.3) is 10.4 Å². The smallest absolute Gasteiger partial charge is 0.280 e. The van der Waals surface area contributed by atoms with Crippen LogP contribution >= 0.6 is 22.9 Å². The molecule has 164 valence electrons. The molecule has 31 heavy (non-hydrogen) atoms. The summed E-state index contributed by atoms with van der Waals surface area (Å²) < 4.78 is 44.1. The molecule has 8 nitrogen and oxygen atoms in total. The zero-order valence-electron chi connectivity index (χ0n) is 16.5. The second-order valence-electron chi connectivity index (χ2n) is 7.19. The average molecular weight is 484 g/mol. The van der Waals surface area contributed by atoms with Gasteiger partial charge in [0.1, 0.15) is 16.9 Å².